The van der Waals surface area contributed by atoms with Gasteiger partial charge in [-0.2, -0.15) is 0 Å². The van der Waals surface area contributed by atoms with Crippen LogP contribution in [0.5, 0.6) is 0 Å². The molecule has 0 aliphatic carbocycles. The van der Waals surface area contributed by atoms with Crippen molar-refractivity contribution in [2.75, 3.05) is 0 Å². The summed E-state index contributed by atoms with van der Waals surface area (Å²) in [6, 6.07) is 4.42. The molecule has 2 nitrogen and oxygen atoms in total. The number of hydrogen-bond donors (Lipinski definition) is 2. The summed E-state index contributed by atoms with van der Waals surface area (Å²) in [5.41, 5.74) is 6.59. The molecule has 142 valence electrons. The predicted molar refractivity (Wildman–Crippen MR) is 113 cm³/mol. The molecule has 0 saturated carbocycles. The summed E-state index contributed by atoms with van der Waals surface area (Å²) in [5, 5.41) is 20.1. The van der Waals surface area contributed by atoms with E-state index < -0.39 is 5.60 Å². The number of hydrogen-bond acceptors (Lipinski definition) is 2. The van der Waals surface area contributed by atoms with Crippen LogP contribution in [0.3, 0.4) is 0 Å². The fraction of sp³-hybridized carbons (Fsp3) is 0.417. The second kappa shape index (κ2) is 8.55. The van der Waals surface area contributed by atoms with Gasteiger partial charge in [0.15, 0.2) is 0 Å². The van der Waals surface area contributed by atoms with Gasteiger partial charge in [0.2, 0.25) is 0 Å². The van der Waals surface area contributed by atoms with Crippen molar-refractivity contribution in [1.82, 2.24) is 0 Å². The summed E-state index contributed by atoms with van der Waals surface area (Å²) < 4.78 is 0. The van der Waals surface area contributed by atoms with Crippen molar-refractivity contribution in [2.24, 2.45) is 5.92 Å². The average molecular weight is 355 g/mol. The first-order chi connectivity index (χ1) is 11.9. The second-order valence-electron chi connectivity index (χ2n) is 7.85. The molecule has 1 aromatic carbocycles. The smallest absolute Gasteiger partial charge is 0.115 e. The lowest BCUT2D eigenvalue weighted by molar-refractivity contribution is 0.0250. The Labute approximate surface area is 159 Å². The quantitative estimate of drug-likeness (QED) is 0.450. The third-order valence-electron chi connectivity index (χ3n) is 5.21. The maximum Gasteiger partial charge on any atom is 0.115 e. The summed E-state index contributed by atoms with van der Waals surface area (Å²) >= 11 is 0. The van der Waals surface area contributed by atoms with E-state index in [2.05, 4.69) is 53.0 Å². The Morgan fingerprint density at radius 3 is 2.19 bits per heavy atom. The van der Waals surface area contributed by atoms with Crippen LogP contribution in [0.4, 0.5) is 0 Å². The second-order valence-corrected chi connectivity index (χ2v) is 7.85. The lowest BCUT2D eigenvalue weighted by Gasteiger charge is -2.27. The van der Waals surface area contributed by atoms with E-state index in [1.54, 1.807) is 0 Å². The maximum absolute atomic E-state index is 10.3. The van der Waals surface area contributed by atoms with Gasteiger partial charge >= 0.3 is 0 Å². The topological polar surface area (TPSA) is 40.5 Å². The van der Waals surface area contributed by atoms with E-state index in [-0.39, 0.29) is 11.7 Å². The molecule has 0 amide bonds. The SMILES string of the molecule is C=C(O)/C(=C/C)C(=C)/C=C(\C)c1cc(C)c(C)cc1CC(C)C(C)(C)O. The highest BCUT2D eigenvalue weighted by atomic mass is 16.3. The predicted octanol–water partition coefficient (Wildman–Crippen LogP) is 6.23. The molecule has 0 heterocycles. The monoisotopic (exact) mass is 354 g/mol. The zero-order chi connectivity index (χ0) is 20.2. The van der Waals surface area contributed by atoms with E-state index in [9.17, 15) is 10.2 Å². The summed E-state index contributed by atoms with van der Waals surface area (Å²) in [6.07, 6.45) is 4.59. The molecular formula is C24H34O2. The average Bonchev–Trinajstić information content (AvgIpc) is 2.49. The molecule has 1 atom stereocenters. The first-order valence-corrected chi connectivity index (χ1v) is 9.13. The lowest BCUT2D eigenvalue weighted by atomic mass is 9.83. The summed E-state index contributed by atoms with van der Waals surface area (Å²) in [7, 11) is 0. The molecule has 2 heteroatoms. The maximum atomic E-state index is 10.3. The first-order valence-electron chi connectivity index (χ1n) is 9.13. The van der Waals surface area contributed by atoms with Crippen LogP contribution in [-0.2, 0) is 6.42 Å². The highest BCUT2D eigenvalue weighted by molar-refractivity contribution is 5.72. The lowest BCUT2D eigenvalue weighted by Crippen LogP contribution is -2.30. The van der Waals surface area contributed by atoms with Crippen LogP contribution in [0, 0.1) is 19.8 Å². The Bertz CT molecular complexity index is 755. The van der Waals surface area contributed by atoms with Gasteiger partial charge in [0, 0.05) is 5.57 Å². The molecule has 2 N–H and O–H groups in total. The standard InChI is InChI=1S/C24H34O2/c1-10-22(20(7)25)17(4)11-18(5)23-13-16(3)15(2)12-21(23)14-19(6)24(8,9)26/h10-13,19,25-26H,4,7,14H2,1-3,5-6,8-9H3/b18-11+,22-10+. The van der Waals surface area contributed by atoms with Crippen LogP contribution in [0.25, 0.3) is 5.57 Å². The van der Waals surface area contributed by atoms with Crippen molar-refractivity contribution in [3.8, 4) is 0 Å². The molecule has 0 radical (unpaired) electrons. The molecule has 26 heavy (non-hydrogen) atoms. The van der Waals surface area contributed by atoms with Gasteiger partial charge in [-0.1, -0.05) is 44.4 Å². The van der Waals surface area contributed by atoms with Crippen LogP contribution in [-0.4, -0.2) is 15.8 Å². The largest absolute Gasteiger partial charge is 0.508 e. The number of benzene rings is 1. The third-order valence-corrected chi connectivity index (χ3v) is 5.21. The van der Waals surface area contributed by atoms with Gasteiger partial charge in [0.1, 0.15) is 5.76 Å². The van der Waals surface area contributed by atoms with Crippen LogP contribution >= 0.6 is 0 Å². The van der Waals surface area contributed by atoms with E-state index in [0.717, 1.165) is 23.1 Å². The van der Waals surface area contributed by atoms with Crippen LogP contribution in [0.15, 0.2) is 54.3 Å². The Balaban J connectivity index is 3.38. The van der Waals surface area contributed by atoms with Gasteiger partial charge in [0.05, 0.1) is 5.60 Å². The fourth-order valence-corrected chi connectivity index (χ4v) is 2.95. The van der Waals surface area contributed by atoms with Crippen molar-refractivity contribution in [1.29, 1.82) is 0 Å². The van der Waals surface area contributed by atoms with Crippen LogP contribution in [0.2, 0.25) is 0 Å². The van der Waals surface area contributed by atoms with Gasteiger partial charge in [-0.25, -0.2) is 0 Å². The molecule has 0 aliphatic rings. The molecule has 0 spiro atoms. The third kappa shape index (κ3) is 5.47. The molecule has 0 saturated heterocycles. The minimum absolute atomic E-state index is 0.0255. The van der Waals surface area contributed by atoms with Crippen molar-refractivity contribution < 1.29 is 10.2 Å². The Hall–Kier alpha value is -2.06. The van der Waals surface area contributed by atoms with Gasteiger partial charge in [-0.15, -0.1) is 0 Å². The summed E-state index contributed by atoms with van der Waals surface area (Å²) in [5.74, 6) is 0.153. The molecule has 0 aromatic heterocycles. The molecule has 0 bridgehead atoms. The van der Waals surface area contributed by atoms with E-state index >= 15 is 0 Å². The van der Waals surface area contributed by atoms with E-state index in [1.807, 2.05) is 32.9 Å². The minimum atomic E-state index is -0.732. The molecule has 1 unspecified atom stereocenters. The van der Waals surface area contributed by atoms with Gasteiger partial charge in [-0.3, -0.25) is 0 Å². The van der Waals surface area contributed by atoms with Gasteiger partial charge < -0.3 is 10.2 Å². The summed E-state index contributed by atoms with van der Waals surface area (Å²) in [4.78, 5) is 0. The number of rotatable bonds is 7. The molecule has 0 aliphatic heterocycles. The molecule has 0 fully saturated rings. The number of allylic oxidation sites excluding steroid dienone is 4. The fourth-order valence-electron chi connectivity index (χ4n) is 2.95. The van der Waals surface area contributed by atoms with Crippen molar-refractivity contribution in [2.45, 2.75) is 60.5 Å². The Morgan fingerprint density at radius 1 is 1.19 bits per heavy atom. The van der Waals surface area contributed by atoms with Crippen molar-refractivity contribution >= 4 is 5.57 Å². The molecule has 1 rings (SSSR count). The van der Waals surface area contributed by atoms with Crippen LogP contribution in [0.1, 0.15) is 56.9 Å². The van der Waals surface area contributed by atoms with Crippen molar-refractivity contribution in [3.05, 3.63) is 76.6 Å². The van der Waals surface area contributed by atoms with Crippen LogP contribution < -0.4 is 0 Å². The van der Waals surface area contributed by atoms with Gasteiger partial charge in [0.25, 0.3) is 0 Å². The number of aliphatic hydroxyl groups is 2. The Kier molecular flexibility index (Phi) is 7.23. The van der Waals surface area contributed by atoms with E-state index in [1.165, 1.54) is 16.7 Å². The highest BCUT2D eigenvalue weighted by Gasteiger charge is 2.23. The van der Waals surface area contributed by atoms with Crippen molar-refractivity contribution in [3.63, 3.8) is 0 Å². The first kappa shape index (κ1) is 22.0. The molecular weight excluding hydrogens is 320 g/mol. The minimum Gasteiger partial charge on any atom is -0.508 e. The number of aryl methyl sites for hydroxylation is 2. The Morgan fingerprint density at radius 2 is 1.73 bits per heavy atom. The van der Waals surface area contributed by atoms with E-state index in [4.69, 9.17) is 0 Å². The summed E-state index contributed by atoms with van der Waals surface area (Å²) in [6.45, 7) is 21.6. The number of aliphatic hydroxyl groups excluding tert-OH is 1. The zero-order valence-corrected chi connectivity index (χ0v) is 17.4. The highest BCUT2D eigenvalue weighted by Crippen LogP contribution is 2.30. The van der Waals surface area contributed by atoms with Gasteiger partial charge in [-0.05, 0) is 87.3 Å². The zero-order valence-electron chi connectivity index (χ0n) is 17.4. The molecule has 1 aromatic rings. The normalized spacial score (nSPS) is 14.3. The van der Waals surface area contributed by atoms with E-state index in [0.29, 0.717) is 5.57 Å².